The molecular formula is C21H18Cl2N6S. The van der Waals surface area contributed by atoms with Crippen LogP contribution in [0.4, 0.5) is 11.5 Å². The standard InChI is InChI=1S/C21H18Cl2N6S/c22-18-9-5-4-8-16(18)12-29-14-19(23)20(27-29)26-21(30)25-17-10-24-28(13-17)11-15-6-2-1-3-7-15/h1-10,13-14H,11-12H2,(H2,25,26,27,30). The molecule has 0 saturated carbocycles. The molecular weight excluding hydrogens is 439 g/mol. The van der Waals surface area contributed by atoms with Gasteiger partial charge in [0.25, 0.3) is 0 Å². The summed E-state index contributed by atoms with van der Waals surface area (Å²) in [5, 5.41) is 16.5. The largest absolute Gasteiger partial charge is 0.330 e. The molecule has 0 aliphatic rings. The molecule has 152 valence electrons. The van der Waals surface area contributed by atoms with Gasteiger partial charge >= 0.3 is 0 Å². The van der Waals surface area contributed by atoms with Crippen molar-refractivity contribution in [2.75, 3.05) is 10.6 Å². The van der Waals surface area contributed by atoms with E-state index in [9.17, 15) is 0 Å². The SMILES string of the molecule is S=C(Nc1cnn(Cc2ccccc2)c1)Nc1nn(Cc2ccccc2Cl)cc1Cl. The van der Waals surface area contributed by atoms with Gasteiger partial charge in [-0.3, -0.25) is 9.36 Å². The van der Waals surface area contributed by atoms with Crippen LogP contribution in [-0.2, 0) is 13.1 Å². The predicted octanol–water partition coefficient (Wildman–Crippen LogP) is 5.29. The monoisotopic (exact) mass is 456 g/mol. The highest BCUT2D eigenvalue weighted by molar-refractivity contribution is 7.80. The van der Waals surface area contributed by atoms with Crippen LogP contribution in [0.2, 0.25) is 10.0 Å². The Bertz CT molecular complexity index is 1160. The second-order valence-electron chi connectivity index (χ2n) is 6.61. The van der Waals surface area contributed by atoms with E-state index in [0.29, 0.717) is 34.1 Å². The number of hydrogen-bond donors (Lipinski definition) is 2. The summed E-state index contributed by atoms with van der Waals surface area (Å²) in [7, 11) is 0. The third-order valence-electron chi connectivity index (χ3n) is 4.32. The van der Waals surface area contributed by atoms with Crippen LogP contribution in [0.3, 0.4) is 0 Å². The summed E-state index contributed by atoms with van der Waals surface area (Å²) in [5.74, 6) is 0.470. The van der Waals surface area contributed by atoms with Crippen molar-refractivity contribution in [3.05, 3.63) is 94.4 Å². The zero-order valence-electron chi connectivity index (χ0n) is 15.8. The van der Waals surface area contributed by atoms with Crippen molar-refractivity contribution >= 4 is 52.0 Å². The van der Waals surface area contributed by atoms with Crippen LogP contribution in [0.25, 0.3) is 0 Å². The third kappa shape index (κ3) is 5.18. The van der Waals surface area contributed by atoms with Crippen LogP contribution in [-0.4, -0.2) is 24.7 Å². The molecule has 0 amide bonds. The van der Waals surface area contributed by atoms with Crippen LogP contribution in [0.5, 0.6) is 0 Å². The van der Waals surface area contributed by atoms with Crippen molar-refractivity contribution in [1.82, 2.24) is 19.6 Å². The number of rotatable bonds is 6. The molecule has 0 aliphatic carbocycles. The van der Waals surface area contributed by atoms with Crippen molar-refractivity contribution in [3.63, 3.8) is 0 Å². The number of halogens is 2. The average molecular weight is 457 g/mol. The molecule has 0 unspecified atom stereocenters. The molecule has 6 nitrogen and oxygen atoms in total. The fourth-order valence-corrected chi connectivity index (χ4v) is 3.53. The fraction of sp³-hybridized carbons (Fsp3) is 0.0952. The molecule has 0 aliphatic heterocycles. The third-order valence-corrected chi connectivity index (χ3v) is 5.17. The average Bonchev–Trinajstić information content (AvgIpc) is 3.30. The minimum Gasteiger partial charge on any atom is -0.330 e. The van der Waals surface area contributed by atoms with Crippen LogP contribution >= 0.6 is 35.4 Å². The van der Waals surface area contributed by atoms with Crippen LogP contribution < -0.4 is 10.6 Å². The molecule has 0 bridgehead atoms. The first kappa shape index (κ1) is 20.4. The summed E-state index contributed by atoms with van der Waals surface area (Å²) in [6.07, 6.45) is 5.33. The Labute approximate surface area is 189 Å². The minimum absolute atomic E-state index is 0.374. The highest BCUT2D eigenvalue weighted by atomic mass is 35.5. The Hall–Kier alpha value is -2.87. The zero-order valence-corrected chi connectivity index (χ0v) is 18.1. The molecule has 9 heteroatoms. The molecule has 0 atom stereocenters. The Balaban J connectivity index is 1.36. The lowest BCUT2D eigenvalue weighted by Crippen LogP contribution is -2.19. The lowest BCUT2D eigenvalue weighted by atomic mass is 10.2. The van der Waals surface area contributed by atoms with Gasteiger partial charge in [-0.1, -0.05) is 71.7 Å². The fourth-order valence-electron chi connectivity index (χ4n) is 2.92. The highest BCUT2D eigenvalue weighted by Gasteiger charge is 2.11. The zero-order chi connectivity index (χ0) is 20.9. The van der Waals surface area contributed by atoms with E-state index in [2.05, 4.69) is 33.0 Å². The summed E-state index contributed by atoms with van der Waals surface area (Å²) in [6.45, 7) is 1.19. The van der Waals surface area contributed by atoms with Gasteiger partial charge in [0.05, 0.1) is 25.0 Å². The Kier molecular flexibility index (Phi) is 6.32. The first-order valence-electron chi connectivity index (χ1n) is 9.17. The molecule has 30 heavy (non-hydrogen) atoms. The molecule has 0 saturated heterocycles. The second kappa shape index (κ2) is 9.30. The van der Waals surface area contributed by atoms with E-state index in [4.69, 9.17) is 35.4 Å². The first-order valence-corrected chi connectivity index (χ1v) is 10.3. The van der Waals surface area contributed by atoms with Gasteiger partial charge in [0, 0.05) is 17.4 Å². The maximum Gasteiger partial charge on any atom is 0.176 e. The lowest BCUT2D eigenvalue weighted by Gasteiger charge is -2.07. The van der Waals surface area contributed by atoms with Crippen molar-refractivity contribution < 1.29 is 0 Å². The Morgan fingerprint density at radius 3 is 2.43 bits per heavy atom. The van der Waals surface area contributed by atoms with E-state index in [-0.39, 0.29) is 0 Å². The molecule has 0 spiro atoms. The molecule has 2 aromatic carbocycles. The topological polar surface area (TPSA) is 59.7 Å². The normalized spacial score (nSPS) is 10.7. The molecule has 2 N–H and O–H groups in total. The van der Waals surface area contributed by atoms with Crippen molar-refractivity contribution in [2.24, 2.45) is 0 Å². The van der Waals surface area contributed by atoms with Gasteiger partial charge in [-0.25, -0.2) is 0 Å². The van der Waals surface area contributed by atoms with Crippen molar-refractivity contribution in [2.45, 2.75) is 13.1 Å². The highest BCUT2D eigenvalue weighted by Crippen LogP contribution is 2.22. The van der Waals surface area contributed by atoms with Gasteiger partial charge in [-0.15, -0.1) is 0 Å². The van der Waals surface area contributed by atoms with E-state index in [1.165, 1.54) is 5.56 Å². The molecule has 0 fully saturated rings. The van der Waals surface area contributed by atoms with Gasteiger partial charge in [-0.05, 0) is 29.4 Å². The number of thiocarbonyl (C=S) groups is 1. The lowest BCUT2D eigenvalue weighted by molar-refractivity contribution is 0.687. The van der Waals surface area contributed by atoms with E-state index in [1.54, 1.807) is 17.1 Å². The summed E-state index contributed by atoms with van der Waals surface area (Å²) >= 11 is 17.9. The number of nitrogens with zero attached hydrogens (tertiary/aromatic N) is 4. The number of nitrogens with one attached hydrogen (secondary N) is 2. The van der Waals surface area contributed by atoms with Gasteiger partial charge in [0.2, 0.25) is 0 Å². The van der Waals surface area contributed by atoms with Gasteiger partial charge in [0.1, 0.15) is 5.02 Å². The number of aromatic nitrogens is 4. The molecule has 2 aromatic heterocycles. The van der Waals surface area contributed by atoms with Crippen LogP contribution in [0.15, 0.2) is 73.2 Å². The maximum atomic E-state index is 6.31. The summed E-state index contributed by atoms with van der Waals surface area (Å²) in [6, 6.07) is 17.7. The van der Waals surface area contributed by atoms with E-state index < -0.39 is 0 Å². The van der Waals surface area contributed by atoms with Crippen LogP contribution in [0, 0.1) is 0 Å². The van der Waals surface area contributed by atoms with Crippen molar-refractivity contribution in [3.8, 4) is 0 Å². The van der Waals surface area contributed by atoms with E-state index in [0.717, 1.165) is 11.3 Å². The summed E-state index contributed by atoms with van der Waals surface area (Å²) < 4.78 is 3.55. The molecule has 4 aromatic rings. The van der Waals surface area contributed by atoms with Gasteiger partial charge in [0.15, 0.2) is 10.9 Å². The van der Waals surface area contributed by atoms with Gasteiger partial charge < -0.3 is 10.6 Å². The number of anilines is 2. The maximum absolute atomic E-state index is 6.31. The summed E-state index contributed by atoms with van der Waals surface area (Å²) in [4.78, 5) is 0. The second-order valence-corrected chi connectivity index (χ2v) is 7.83. The smallest absolute Gasteiger partial charge is 0.176 e. The molecule has 2 heterocycles. The Morgan fingerprint density at radius 1 is 0.867 bits per heavy atom. The minimum atomic E-state index is 0.374. The summed E-state index contributed by atoms with van der Waals surface area (Å²) in [5.41, 5.74) is 2.90. The quantitative estimate of drug-likeness (QED) is 0.385. The van der Waals surface area contributed by atoms with Crippen LogP contribution in [0.1, 0.15) is 11.1 Å². The molecule has 4 rings (SSSR count). The van der Waals surface area contributed by atoms with E-state index in [1.807, 2.05) is 53.3 Å². The van der Waals surface area contributed by atoms with E-state index >= 15 is 0 Å². The predicted molar refractivity (Wildman–Crippen MR) is 125 cm³/mol. The Morgan fingerprint density at radius 2 is 1.63 bits per heavy atom. The number of benzene rings is 2. The number of hydrogen-bond acceptors (Lipinski definition) is 3. The van der Waals surface area contributed by atoms with Gasteiger partial charge in [-0.2, -0.15) is 10.2 Å². The molecule has 0 radical (unpaired) electrons. The first-order chi connectivity index (χ1) is 14.6. The van der Waals surface area contributed by atoms with Crippen molar-refractivity contribution in [1.29, 1.82) is 0 Å².